The lowest BCUT2D eigenvalue weighted by atomic mass is 10.1. The predicted molar refractivity (Wildman–Crippen MR) is 124 cm³/mol. The zero-order valence-corrected chi connectivity index (χ0v) is 19.9. The average Bonchev–Trinajstić information content (AvgIpc) is 2.70. The van der Waals surface area contributed by atoms with Gasteiger partial charge in [-0.05, 0) is 77.9 Å². The van der Waals surface area contributed by atoms with Crippen molar-refractivity contribution in [1.29, 1.82) is 0 Å². The molecule has 0 fully saturated rings. The molecule has 0 saturated carbocycles. The Kier molecular flexibility index (Phi) is 9.52. The molecule has 0 aliphatic carbocycles. The first-order valence-electron chi connectivity index (χ1n) is 9.21. The van der Waals surface area contributed by atoms with Crippen LogP contribution < -0.4 is 10.1 Å². The maximum absolute atomic E-state index is 12.9. The van der Waals surface area contributed by atoms with Gasteiger partial charge in [0.15, 0.2) is 6.61 Å². The van der Waals surface area contributed by atoms with Crippen molar-refractivity contribution in [3.8, 4) is 5.75 Å². The zero-order valence-electron chi connectivity index (χ0n) is 16.3. The van der Waals surface area contributed by atoms with Crippen LogP contribution in [0.3, 0.4) is 0 Å². The number of hydrogen-bond donors (Lipinski definition) is 1. The van der Waals surface area contributed by atoms with Crippen molar-refractivity contribution >= 4 is 57.6 Å². The van der Waals surface area contributed by atoms with E-state index in [0.717, 1.165) is 9.99 Å². The molecule has 1 atom stereocenters. The quantitative estimate of drug-likeness (QED) is 0.452. The minimum absolute atomic E-state index is 0.172. The van der Waals surface area contributed by atoms with Crippen molar-refractivity contribution in [2.75, 3.05) is 13.2 Å². The van der Waals surface area contributed by atoms with Gasteiger partial charge in [-0.1, -0.05) is 36.2 Å². The maximum Gasteiger partial charge on any atom is 0.261 e. The van der Waals surface area contributed by atoms with Gasteiger partial charge in [-0.25, -0.2) is 0 Å². The summed E-state index contributed by atoms with van der Waals surface area (Å²) < 4.78 is 6.69. The van der Waals surface area contributed by atoms with Crippen LogP contribution in [0.1, 0.15) is 25.8 Å². The minimum atomic E-state index is -0.680. The van der Waals surface area contributed by atoms with Crippen LogP contribution in [0.25, 0.3) is 0 Å². The van der Waals surface area contributed by atoms with Crippen molar-refractivity contribution in [3.63, 3.8) is 0 Å². The highest BCUT2D eigenvalue weighted by atomic mass is 127. The summed E-state index contributed by atoms with van der Waals surface area (Å²) in [5.41, 5.74) is 0.703. The van der Waals surface area contributed by atoms with E-state index >= 15 is 0 Å². The summed E-state index contributed by atoms with van der Waals surface area (Å²) in [6.07, 6.45) is 0.811. The molecular weight excluding hydrogens is 526 g/mol. The Morgan fingerprint density at radius 1 is 1.17 bits per heavy atom. The monoisotopic (exact) mass is 548 g/mol. The van der Waals surface area contributed by atoms with Gasteiger partial charge in [0.05, 0.1) is 0 Å². The first-order valence-corrected chi connectivity index (χ1v) is 11.0. The third-order valence-corrected chi connectivity index (χ3v) is 5.55. The number of ether oxygens (including phenoxy) is 1. The maximum atomic E-state index is 12.9. The summed E-state index contributed by atoms with van der Waals surface area (Å²) in [5.74, 6) is 0.0552. The summed E-state index contributed by atoms with van der Waals surface area (Å²) in [6.45, 7) is 4.20. The Hall–Kier alpha value is -1.51. The molecule has 2 aromatic rings. The van der Waals surface area contributed by atoms with Crippen LogP contribution >= 0.6 is 45.8 Å². The summed E-state index contributed by atoms with van der Waals surface area (Å²) in [7, 11) is 0. The third-order valence-electron chi connectivity index (χ3n) is 4.25. The van der Waals surface area contributed by atoms with Crippen LogP contribution in [0.2, 0.25) is 10.0 Å². The van der Waals surface area contributed by atoms with Gasteiger partial charge in [0.1, 0.15) is 11.8 Å². The first-order chi connectivity index (χ1) is 13.8. The summed E-state index contributed by atoms with van der Waals surface area (Å²) in [6, 6.07) is 11.8. The standard InChI is InChI=1S/C21H23Cl2IN2O3/c1-3-10-25-21(28)14(2)26(12-15-4-5-16(22)11-19(15)23)20(27)13-29-18-8-6-17(24)7-9-18/h4-9,11,14H,3,10,12-13H2,1-2H3,(H,25,28). The van der Waals surface area contributed by atoms with Crippen LogP contribution in [0.15, 0.2) is 42.5 Å². The van der Waals surface area contributed by atoms with E-state index in [1.807, 2.05) is 19.1 Å². The van der Waals surface area contributed by atoms with E-state index in [0.29, 0.717) is 27.9 Å². The van der Waals surface area contributed by atoms with Crippen molar-refractivity contribution in [3.05, 3.63) is 61.6 Å². The van der Waals surface area contributed by atoms with Gasteiger partial charge in [-0.3, -0.25) is 9.59 Å². The normalized spacial score (nSPS) is 11.6. The molecule has 0 aliphatic rings. The molecule has 0 radical (unpaired) electrons. The Morgan fingerprint density at radius 2 is 1.86 bits per heavy atom. The molecule has 2 aromatic carbocycles. The number of nitrogens with zero attached hydrogens (tertiary/aromatic N) is 1. The Morgan fingerprint density at radius 3 is 2.48 bits per heavy atom. The van der Waals surface area contributed by atoms with Crippen molar-refractivity contribution in [1.82, 2.24) is 10.2 Å². The van der Waals surface area contributed by atoms with Crippen molar-refractivity contribution in [2.24, 2.45) is 0 Å². The van der Waals surface area contributed by atoms with E-state index < -0.39 is 6.04 Å². The van der Waals surface area contributed by atoms with Crippen LogP contribution in [-0.4, -0.2) is 35.9 Å². The molecule has 0 heterocycles. The second kappa shape index (κ2) is 11.6. The van der Waals surface area contributed by atoms with Crippen LogP contribution in [0.4, 0.5) is 0 Å². The predicted octanol–water partition coefficient (Wildman–Crippen LogP) is 4.92. The van der Waals surface area contributed by atoms with Gasteiger partial charge < -0.3 is 15.0 Å². The smallest absolute Gasteiger partial charge is 0.261 e. The number of rotatable bonds is 9. The summed E-state index contributed by atoms with van der Waals surface area (Å²) in [4.78, 5) is 26.9. The second-order valence-electron chi connectivity index (χ2n) is 6.47. The average molecular weight is 549 g/mol. The van der Waals surface area contributed by atoms with E-state index in [-0.39, 0.29) is 25.0 Å². The molecule has 0 bridgehead atoms. The van der Waals surface area contributed by atoms with Crippen LogP contribution in [0.5, 0.6) is 5.75 Å². The van der Waals surface area contributed by atoms with E-state index in [1.54, 1.807) is 37.3 Å². The fourth-order valence-corrected chi connectivity index (χ4v) is 3.40. The second-order valence-corrected chi connectivity index (χ2v) is 8.56. The molecule has 0 aliphatic heterocycles. The highest BCUT2D eigenvalue weighted by Crippen LogP contribution is 2.23. The number of nitrogens with one attached hydrogen (secondary N) is 1. The lowest BCUT2D eigenvalue weighted by Crippen LogP contribution is -2.49. The number of halogens is 3. The molecule has 0 saturated heterocycles. The van der Waals surface area contributed by atoms with Crippen LogP contribution in [0, 0.1) is 3.57 Å². The lowest BCUT2D eigenvalue weighted by Gasteiger charge is -2.29. The van der Waals surface area contributed by atoms with Gasteiger partial charge in [0.25, 0.3) is 5.91 Å². The molecule has 8 heteroatoms. The number of benzene rings is 2. The number of amides is 2. The Balaban J connectivity index is 2.16. The molecule has 1 N–H and O–H groups in total. The van der Waals surface area contributed by atoms with E-state index in [4.69, 9.17) is 27.9 Å². The molecule has 2 amide bonds. The van der Waals surface area contributed by atoms with Gasteiger partial charge in [0.2, 0.25) is 5.91 Å². The van der Waals surface area contributed by atoms with E-state index in [2.05, 4.69) is 27.9 Å². The fourth-order valence-electron chi connectivity index (χ4n) is 2.57. The molecule has 0 aromatic heterocycles. The van der Waals surface area contributed by atoms with Crippen LogP contribution in [-0.2, 0) is 16.1 Å². The highest BCUT2D eigenvalue weighted by molar-refractivity contribution is 14.1. The molecule has 1 unspecified atom stereocenters. The lowest BCUT2D eigenvalue weighted by molar-refractivity contribution is -0.142. The number of hydrogen-bond acceptors (Lipinski definition) is 3. The first kappa shape index (κ1) is 23.8. The van der Waals surface area contributed by atoms with E-state index in [9.17, 15) is 9.59 Å². The zero-order chi connectivity index (χ0) is 21.4. The Labute approximate surface area is 194 Å². The summed E-state index contributed by atoms with van der Waals surface area (Å²) in [5, 5.41) is 3.78. The number of carbonyl (C=O) groups excluding carboxylic acids is 2. The molecule has 29 heavy (non-hydrogen) atoms. The number of carbonyl (C=O) groups is 2. The molecule has 2 rings (SSSR count). The minimum Gasteiger partial charge on any atom is -0.484 e. The van der Waals surface area contributed by atoms with Gasteiger partial charge in [0, 0.05) is 26.7 Å². The molecule has 0 spiro atoms. The van der Waals surface area contributed by atoms with Gasteiger partial charge in [-0.15, -0.1) is 0 Å². The third kappa shape index (κ3) is 7.35. The fraction of sp³-hybridized carbons (Fsp3) is 0.333. The van der Waals surface area contributed by atoms with E-state index in [1.165, 1.54) is 4.90 Å². The summed E-state index contributed by atoms with van der Waals surface area (Å²) >= 11 is 14.4. The van der Waals surface area contributed by atoms with Gasteiger partial charge in [-0.2, -0.15) is 0 Å². The Bertz CT molecular complexity index is 846. The highest BCUT2D eigenvalue weighted by Gasteiger charge is 2.27. The van der Waals surface area contributed by atoms with Gasteiger partial charge >= 0.3 is 0 Å². The molecular formula is C21H23Cl2IN2O3. The molecule has 5 nitrogen and oxygen atoms in total. The van der Waals surface area contributed by atoms with Crippen molar-refractivity contribution < 1.29 is 14.3 Å². The molecule has 156 valence electrons. The largest absolute Gasteiger partial charge is 0.484 e. The topological polar surface area (TPSA) is 58.6 Å². The SMILES string of the molecule is CCCNC(=O)C(C)N(Cc1ccc(Cl)cc1Cl)C(=O)COc1ccc(I)cc1. The van der Waals surface area contributed by atoms with Crippen molar-refractivity contribution in [2.45, 2.75) is 32.9 Å².